The molecule has 4 heteroatoms. The summed E-state index contributed by atoms with van der Waals surface area (Å²) in [7, 11) is 0. The summed E-state index contributed by atoms with van der Waals surface area (Å²) in [4.78, 5) is 14.4. The number of amides is 1. The van der Waals surface area contributed by atoms with Crippen LogP contribution in [-0.2, 0) is 0 Å². The van der Waals surface area contributed by atoms with Gasteiger partial charge in [-0.15, -0.1) is 0 Å². The lowest BCUT2D eigenvalue weighted by molar-refractivity contribution is 0.0731. The highest BCUT2D eigenvalue weighted by atomic mass is 16.5. The molecule has 0 aliphatic carbocycles. The fourth-order valence-corrected chi connectivity index (χ4v) is 2.31. The number of carbonyl (C=O) groups is 1. The van der Waals surface area contributed by atoms with E-state index in [1.165, 1.54) is 0 Å². The van der Waals surface area contributed by atoms with E-state index in [1.807, 2.05) is 29.2 Å². The maximum absolute atomic E-state index is 12.5. The normalized spacial score (nSPS) is 16.5. The third-order valence-corrected chi connectivity index (χ3v) is 3.30. The smallest absolute Gasteiger partial charge is 0.257 e. The van der Waals surface area contributed by atoms with E-state index in [-0.39, 0.29) is 5.91 Å². The molecule has 1 atom stereocenters. The topological polar surface area (TPSA) is 41.6 Å². The molecule has 104 valence electrons. The van der Waals surface area contributed by atoms with E-state index in [9.17, 15) is 4.79 Å². The van der Waals surface area contributed by atoms with Crippen molar-refractivity contribution < 1.29 is 9.53 Å². The van der Waals surface area contributed by atoms with Crippen molar-refractivity contribution in [3.05, 3.63) is 29.8 Å². The van der Waals surface area contributed by atoms with E-state index in [1.54, 1.807) is 0 Å². The van der Waals surface area contributed by atoms with Crippen molar-refractivity contribution in [2.75, 3.05) is 32.8 Å². The highest BCUT2D eigenvalue weighted by Crippen LogP contribution is 2.22. The Morgan fingerprint density at radius 3 is 3.00 bits per heavy atom. The van der Waals surface area contributed by atoms with Gasteiger partial charge in [0.25, 0.3) is 5.91 Å². The number of ether oxygens (including phenoxy) is 1. The zero-order valence-corrected chi connectivity index (χ0v) is 11.7. The Labute approximate surface area is 114 Å². The van der Waals surface area contributed by atoms with Gasteiger partial charge in [-0.3, -0.25) is 4.79 Å². The van der Waals surface area contributed by atoms with Crippen LogP contribution in [0.15, 0.2) is 24.3 Å². The first-order chi connectivity index (χ1) is 9.22. The van der Waals surface area contributed by atoms with Crippen molar-refractivity contribution >= 4 is 5.91 Å². The molecule has 1 unspecified atom stereocenters. The molecule has 1 N–H and O–H groups in total. The Hall–Kier alpha value is -1.55. The lowest BCUT2D eigenvalue weighted by Gasteiger charge is -2.24. The van der Waals surface area contributed by atoms with Crippen LogP contribution in [-0.4, -0.2) is 43.6 Å². The molecule has 0 saturated carbocycles. The third kappa shape index (κ3) is 3.47. The Morgan fingerprint density at radius 2 is 2.21 bits per heavy atom. The fourth-order valence-electron chi connectivity index (χ4n) is 2.31. The molecule has 0 spiro atoms. The van der Waals surface area contributed by atoms with Gasteiger partial charge < -0.3 is 15.0 Å². The van der Waals surface area contributed by atoms with Gasteiger partial charge in [0.05, 0.1) is 12.1 Å². The first-order valence-corrected chi connectivity index (χ1v) is 6.94. The van der Waals surface area contributed by atoms with Gasteiger partial charge in [0.15, 0.2) is 0 Å². The second kappa shape index (κ2) is 6.57. The van der Waals surface area contributed by atoms with Crippen molar-refractivity contribution in [3.63, 3.8) is 0 Å². The predicted molar refractivity (Wildman–Crippen MR) is 75.5 cm³/mol. The van der Waals surface area contributed by atoms with E-state index >= 15 is 0 Å². The van der Waals surface area contributed by atoms with E-state index in [4.69, 9.17) is 4.74 Å². The third-order valence-electron chi connectivity index (χ3n) is 3.30. The maximum Gasteiger partial charge on any atom is 0.257 e. The average molecular weight is 262 g/mol. The van der Waals surface area contributed by atoms with Gasteiger partial charge in [-0.05, 0) is 31.1 Å². The molecule has 19 heavy (non-hydrogen) atoms. The molecule has 1 amide bonds. The van der Waals surface area contributed by atoms with E-state index in [2.05, 4.69) is 19.2 Å². The van der Waals surface area contributed by atoms with Crippen molar-refractivity contribution in [1.82, 2.24) is 10.2 Å². The summed E-state index contributed by atoms with van der Waals surface area (Å²) in [6.07, 6.45) is 0. The number of carbonyl (C=O) groups excluding carboxylic acids is 1. The largest absolute Gasteiger partial charge is 0.491 e. The van der Waals surface area contributed by atoms with E-state index in [0.717, 1.165) is 19.6 Å². The van der Waals surface area contributed by atoms with Crippen LogP contribution in [0, 0.1) is 5.92 Å². The van der Waals surface area contributed by atoms with Crippen LogP contribution in [0.2, 0.25) is 0 Å². The van der Waals surface area contributed by atoms with Crippen LogP contribution in [0.3, 0.4) is 0 Å². The molecule has 1 aliphatic heterocycles. The first-order valence-electron chi connectivity index (χ1n) is 6.94. The van der Waals surface area contributed by atoms with Gasteiger partial charge in [-0.2, -0.15) is 0 Å². The Bertz CT molecular complexity index is 434. The van der Waals surface area contributed by atoms with Crippen LogP contribution in [0.25, 0.3) is 0 Å². The number of nitrogens with zero attached hydrogens (tertiary/aromatic N) is 1. The number of rotatable bonds is 5. The SMILES string of the molecule is CCNCC(C)CN1CCOc2ccccc2C1=O. The number of para-hydroxylation sites is 1. The molecule has 0 radical (unpaired) electrons. The van der Waals surface area contributed by atoms with Gasteiger partial charge in [0.2, 0.25) is 0 Å². The minimum atomic E-state index is 0.0800. The van der Waals surface area contributed by atoms with Crippen molar-refractivity contribution in [2.45, 2.75) is 13.8 Å². The van der Waals surface area contributed by atoms with Crippen LogP contribution in [0.4, 0.5) is 0 Å². The number of benzene rings is 1. The summed E-state index contributed by atoms with van der Waals surface area (Å²) in [5.41, 5.74) is 0.677. The molecule has 4 nitrogen and oxygen atoms in total. The Balaban J connectivity index is 2.05. The molecule has 1 heterocycles. The summed E-state index contributed by atoms with van der Waals surface area (Å²) < 4.78 is 5.63. The lowest BCUT2D eigenvalue weighted by Crippen LogP contribution is -2.38. The monoisotopic (exact) mass is 262 g/mol. The molecule has 0 aromatic heterocycles. The average Bonchev–Trinajstić information content (AvgIpc) is 2.58. The molecule has 1 aromatic rings. The van der Waals surface area contributed by atoms with Crippen LogP contribution in [0.5, 0.6) is 5.75 Å². The fraction of sp³-hybridized carbons (Fsp3) is 0.533. The predicted octanol–water partition coefficient (Wildman–Crippen LogP) is 1.77. The molecular weight excluding hydrogens is 240 g/mol. The molecule has 2 rings (SSSR count). The van der Waals surface area contributed by atoms with Crippen molar-refractivity contribution in [2.24, 2.45) is 5.92 Å². The summed E-state index contributed by atoms with van der Waals surface area (Å²) in [5.74, 6) is 1.22. The van der Waals surface area contributed by atoms with Gasteiger partial charge in [0.1, 0.15) is 12.4 Å². The zero-order chi connectivity index (χ0) is 13.7. The number of fused-ring (bicyclic) bond motifs is 1. The second-order valence-corrected chi connectivity index (χ2v) is 5.01. The number of hydrogen-bond acceptors (Lipinski definition) is 3. The van der Waals surface area contributed by atoms with E-state index < -0.39 is 0 Å². The van der Waals surface area contributed by atoms with Gasteiger partial charge >= 0.3 is 0 Å². The van der Waals surface area contributed by atoms with Gasteiger partial charge in [-0.1, -0.05) is 26.0 Å². The summed E-state index contributed by atoms with van der Waals surface area (Å²) in [5, 5.41) is 3.32. The summed E-state index contributed by atoms with van der Waals surface area (Å²) >= 11 is 0. The highest BCUT2D eigenvalue weighted by molar-refractivity contribution is 5.97. The summed E-state index contributed by atoms with van der Waals surface area (Å²) in [6, 6.07) is 7.48. The summed E-state index contributed by atoms with van der Waals surface area (Å²) in [6.45, 7) is 8.14. The Morgan fingerprint density at radius 1 is 1.42 bits per heavy atom. The van der Waals surface area contributed by atoms with Crippen LogP contribution in [0.1, 0.15) is 24.2 Å². The molecule has 0 bridgehead atoms. The van der Waals surface area contributed by atoms with Gasteiger partial charge in [0, 0.05) is 6.54 Å². The molecule has 0 fully saturated rings. The molecular formula is C15H22N2O2. The number of nitrogens with one attached hydrogen (secondary N) is 1. The highest BCUT2D eigenvalue weighted by Gasteiger charge is 2.23. The molecule has 1 aliphatic rings. The second-order valence-electron chi connectivity index (χ2n) is 5.01. The van der Waals surface area contributed by atoms with Gasteiger partial charge in [-0.25, -0.2) is 0 Å². The number of hydrogen-bond donors (Lipinski definition) is 1. The van der Waals surface area contributed by atoms with Crippen LogP contribution >= 0.6 is 0 Å². The lowest BCUT2D eigenvalue weighted by atomic mass is 10.1. The zero-order valence-electron chi connectivity index (χ0n) is 11.7. The van der Waals surface area contributed by atoms with Crippen molar-refractivity contribution in [1.29, 1.82) is 0 Å². The minimum absolute atomic E-state index is 0.0800. The van der Waals surface area contributed by atoms with E-state index in [0.29, 0.717) is 30.4 Å². The van der Waals surface area contributed by atoms with Crippen molar-refractivity contribution in [3.8, 4) is 5.75 Å². The molecule has 0 saturated heterocycles. The van der Waals surface area contributed by atoms with Crippen LogP contribution < -0.4 is 10.1 Å². The standard InChI is InChI=1S/C15H22N2O2/c1-3-16-10-12(2)11-17-8-9-19-14-7-5-4-6-13(14)15(17)18/h4-7,12,16H,3,8-11H2,1-2H3. The molecule has 1 aromatic carbocycles. The maximum atomic E-state index is 12.5. The first kappa shape index (κ1) is 13.9. The Kier molecular flexibility index (Phi) is 4.80. The minimum Gasteiger partial charge on any atom is -0.491 e. The quantitative estimate of drug-likeness (QED) is 0.879.